The first kappa shape index (κ1) is 14.8. The molecule has 0 saturated heterocycles. The molecule has 1 rings (SSSR count). The summed E-state index contributed by atoms with van der Waals surface area (Å²) in [6.45, 7) is 3.97. The smallest absolute Gasteiger partial charge is 0.394 e. The van der Waals surface area contributed by atoms with Crippen molar-refractivity contribution in [3.05, 3.63) is 23.8 Å². The molecule has 0 unspecified atom stereocenters. The average molecular weight is 241 g/mol. The zero-order valence-corrected chi connectivity index (χ0v) is 9.60. The summed E-state index contributed by atoms with van der Waals surface area (Å²) in [5.41, 5.74) is 0.486. The summed E-state index contributed by atoms with van der Waals surface area (Å²) in [5, 5.41) is 28.4. The van der Waals surface area contributed by atoms with E-state index in [1.54, 1.807) is 0 Å². The summed E-state index contributed by atoms with van der Waals surface area (Å²) in [6, 6.07) is 3.94. The minimum Gasteiger partial charge on any atom is -0.504 e. The number of nitrogens with one attached hydrogen (secondary N) is 1. The van der Waals surface area contributed by atoms with E-state index in [4.69, 9.17) is 15.3 Å². The molecule has 0 bridgehead atoms. The maximum absolute atomic E-state index is 10.6. The van der Waals surface area contributed by atoms with Crippen molar-refractivity contribution in [1.29, 1.82) is 0 Å². The topological polar surface area (TPSA) is 107 Å². The Morgan fingerprint density at radius 3 is 2.24 bits per heavy atom. The lowest BCUT2D eigenvalue weighted by atomic mass is 10.2. The Morgan fingerprint density at radius 2 is 1.76 bits per heavy atom. The first-order valence-corrected chi connectivity index (χ1v) is 5.02. The van der Waals surface area contributed by atoms with Crippen LogP contribution in [-0.2, 0) is 16.1 Å². The van der Waals surface area contributed by atoms with Gasteiger partial charge in [-0.1, -0.05) is 19.9 Å². The third-order valence-corrected chi connectivity index (χ3v) is 1.69. The number of aliphatic carboxylic acids is 1. The van der Waals surface area contributed by atoms with Crippen molar-refractivity contribution >= 4 is 11.9 Å². The molecule has 0 heterocycles. The minimum atomic E-state index is -1.57. The fourth-order valence-corrected chi connectivity index (χ4v) is 0.937. The van der Waals surface area contributed by atoms with Gasteiger partial charge in [-0.3, -0.25) is 4.79 Å². The van der Waals surface area contributed by atoms with Crippen molar-refractivity contribution in [2.24, 2.45) is 0 Å². The number of rotatable bonds is 2. The minimum absolute atomic E-state index is 0.0288. The number of carboxylic acids is 1. The number of hydrogen-bond donors (Lipinski definition) is 4. The Balaban J connectivity index is 0.00000121. The van der Waals surface area contributed by atoms with Crippen LogP contribution in [0.3, 0.4) is 0 Å². The van der Waals surface area contributed by atoms with E-state index in [0.29, 0.717) is 5.56 Å². The highest BCUT2D eigenvalue weighted by Gasteiger charge is 2.10. The highest BCUT2D eigenvalue weighted by molar-refractivity contribution is 6.31. The number of carbonyl (C=O) groups excluding carboxylic acids is 1. The third-order valence-electron chi connectivity index (χ3n) is 1.69. The zero-order chi connectivity index (χ0) is 13.4. The monoisotopic (exact) mass is 241 g/mol. The SMILES string of the molecule is CC.O=C(O)C(=O)NCc1ccc(O)c(O)c1. The summed E-state index contributed by atoms with van der Waals surface area (Å²) in [4.78, 5) is 20.8. The van der Waals surface area contributed by atoms with Crippen molar-refractivity contribution in [3.63, 3.8) is 0 Å². The number of amides is 1. The Morgan fingerprint density at radius 1 is 1.18 bits per heavy atom. The summed E-state index contributed by atoms with van der Waals surface area (Å²) in [6.07, 6.45) is 0. The predicted octanol–water partition coefficient (Wildman–Crippen LogP) is 0.825. The van der Waals surface area contributed by atoms with Gasteiger partial charge in [-0.05, 0) is 17.7 Å². The van der Waals surface area contributed by atoms with Crippen molar-refractivity contribution in [3.8, 4) is 11.5 Å². The number of benzene rings is 1. The van der Waals surface area contributed by atoms with Gasteiger partial charge in [0.05, 0.1) is 0 Å². The van der Waals surface area contributed by atoms with Crippen LogP contribution in [0.15, 0.2) is 18.2 Å². The molecule has 6 nitrogen and oxygen atoms in total. The number of phenolic OH excluding ortho intramolecular Hbond substituents is 2. The molecule has 1 aromatic rings. The molecule has 4 N–H and O–H groups in total. The standard InChI is InChI=1S/C9H9NO5.C2H6/c11-6-2-1-5(3-7(6)12)4-10-8(13)9(14)15;1-2/h1-3,11-12H,4H2,(H,10,13)(H,14,15);1-2H3. The normalized spacial score (nSPS) is 8.82. The molecule has 0 saturated carbocycles. The molecule has 1 aromatic carbocycles. The summed E-state index contributed by atoms with van der Waals surface area (Å²) in [5.74, 6) is -3.29. The Hall–Kier alpha value is -2.24. The molecular weight excluding hydrogens is 226 g/mol. The number of carboxylic acid groups (broad SMARTS) is 1. The van der Waals surface area contributed by atoms with Gasteiger partial charge < -0.3 is 20.6 Å². The second kappa shape index (κ2) is 7.10. The van der Waals surface area contributed by atoms with Crippen LogP contribution in [0.4, 0.5) is 0 Å². The zero-order valence-electron chi connectivity index (χ0n) is 9.60. The van der Waals surface area contributed by atoms with E-state index in [1.165, 1.54) is 18.2 Å². The van der Waals surface area contributed by atoms with Crippen LogP contribution in [0.1, 0.15) is 19.4 Å². The lowest BCUT2D eigenvalue weighted by Gasteiger charge is -2.03. The molecule has 0 atom stereocenters. The Labute approximate surface area is 98.5 Å². The van der Waals surface area contributed by atoms with Crippen LogP contribution in [0.5, 0.6) is 11.5 Å². The van der Waals surface area contributed by atoms with Crippen molar-refractivity contribution in [2.45, 2.75) is 20.4 Å². The maximum atomic E-state index is 10.6. The van der Waals surface area contributed by atoms with E-state index in [-0.39, 0.29) is 18.0 Å². The molecule has 1 amide bonds. The average Bonchev–Trinajstić information content (AvgIpc) is 2.32. The number of carbonyl (C=O) groups is 2. The second-order valence-corrected chi connectivity index (χ2v) is 2.81. The van der Waals surface area contributed by atoms with Gasteiger partial charge in [0.2, 0.25) is 0 Å². The van der Waals surface area contributed by atoms with E-state index >= 15 is 0 Å². The highest BCUT2D eigenvalue weighted by Crippen LogP contribution is 2.24. The highest BCUT2D eigenvalue weighted by atomic mass is 16.4. The molecule has 17 heavy (non-hydrogen) atoms. The van der Waals surface area contributed by atoms with E-state index in [0.717, 1.165) is 0 Å². The first-order chi connectivity index (χ1) is 8.00. The summed E-state index contributed by atoms with van der Waals surface area (Å²) >= 11 is 0. The molecule has 0 aliphatic heterocycles. The lowest BCUT2D eigenvalue weighted by Crippen LogP contribution is -2.29. The fourth-order valence-electron chi connectivity index (χ4n) is 0.937. The van der Waals surface area contributed by atoms with Gasteiger partial charge in [-0.2, -0.15) is 0 Å². The van der Waals surface area contributed by atoms with E-state index in [2.05, 4.69) is 5.32 Å². The van der Waals surface area contributed by atoms with E-state index < -0.39 is 11.9 Å². The van der Waals surface area contributed by atoms with Crippen molar-refractivity contribution in [2.75, 3.05) is 0 Å². The molecule has 0 spiro atoms. The Bertz CT molecular complexity index is 403. The van der Waals surface area contributed by atoms with Gasteiger partial charge in [-0.25, -0.2) is 4.79 Å². The van der Waals surface area contributed by atoms with Crippen LogP contribution in [-0.4, -0.2) is 27.2 Å². The molecule has 0 aromatic heterocycles. The van der Waals surface area contributed by atoms with Crippen LogP contribution in [0.2, 0.25) is 0 Å². The third kappa shape index (κ3) is 4.87. The van der Waals surface area contributed by atoms with Gasteiger partial charge in [0.1, 0.15) is 0 Å². The number of phenols is 2. The molecular formula is C11H15NO5. The van der Waals surface area contributed by atoms with Gasteiger partial charge in [0.25, 0.3) is 0 Å². The summed E-state index contributed by atoms with van der Waals surface area (Å²) in [7, 11) is 0. The summed E-state index contributed by atoms with van der Waals surface area (Å²) < 4.78 is 0. The van der Waals surface area contributed by atoms with Crippen LogP contribution in [0.25, 0.3) is 0 Å². The molecule has 6 heteroatoms. The largest absolute Gasteiger partial charge is 0.504 e. The van der Waals surface area contributed by atoms with Gasteiger partial charge >= 0.3 is 11.9 Å². The van der Waals surface area contributed by atoms with Crippen molar-refractivity contribution in [1.82, 2.24) is 5.32 Å². The van der Waals surface area contributed by atoms with Gasteiger partial charge in [0, 0.05) is 6.54 Å². The maximum Gasteiger partial charge on any atom is 0.394 e. The molecule has 0 radical (unpaired) electrons. The fraction of sp³-hybridized carbons (Fsp3) is 0.273. The predicted molar refractivity (Wildman–Crippen MR) is 60.6 cm³/mol. The molecule has 0 fully saturated rings. The molecule has 0 aliphatic rings. The van der Waals surface area contributed by atoms with Crippen molar-refractivity contribution < 1.29 is 24.9 Å². The first-order valence-electron chi connectivity index (χ1n) is 5.02. The molecule has 0 aliphatic carbocycles. The lowest BCUT2D eigenvalue weighted by molar-refractivity contribution is -0.150. The van der Waals surface area contributed by atoms with Crippen LogP contribution < -0.4 is 5.32 Å². The van der Waals surface area contributed by atoms with Crippen LogP contribution >= 0.6 is 0 Å². The van der Waals surface area contributed by atoms with Gasteiger partial charge in [0.15, 0.2) is 11.5 Å². The van der Waals surface area contributed by atoms with E-state index in [9.17, 15) is 9.59 Å². The number of hydrogen-bond acceptors (Lipinski definition) is 4. The van der Waals surface area contributed by atoms with Crippen LogP contribution in [0, 0.1) is 0 Å². The second-order valence-electron chi connectivity index (χ2n) is 2.81. The molecule has 94 valence electrons. The van der Waals surface area contributed by atoms with E-state index in [1.807, 2.05) is 13.8 Å². The Kier molecular flexibility index (Phi) is 6.17. The quantitative estimate of drug-likeness (QED) is 0.453. The van der Waals surface area contributed by atoms with Gasteiger partial charge in [-0.15, -0.1) is 0 Å². The number of aromatic hydroxyl groups is 2.